The molecular weight excluding hydrogens is 712 g/mol. The van der Waals surface area contributed by atoms with Crippen LogP contribution < -0.4 is 11.0 Å². The van der Waals surface area contributed by atoms with Crippen LogP contribution in [0.1, 0.15) is 37.1 Å². The standard InChI is InChI=1S/C11H14N4O8S.C11H14N4O7S2/c16-10(13-22-5-7-4-21-6-12-7)9-2-1-8-3-14(9)11(17)15(8)23-24(18,19)20;16-10(13-21-4-7-5-23-6-12-7)9-2-1-8-3-14(9)11(17)15(8)22-24(18,19)20/h4,6,8-9H,1-3,5H2,(H,13,16)(H,18,19,20);5-6,8-9H,1-4H2,(H,13,16)(H,18,19,20)/t2*8-,9+/m11/s1. The second kappa shape index (κ2) is 14.6. The number of carbonyl (C=O) groups is 4. The lowest BCUT2D eigenvalue weighted by atomic mass is 10.0. The molecule has 2 aromatic heterocycles. The minimum atomic E-state index is -4.82. The summed E-state index contributed by atoms with van der Waals surface area (Å²) in [6.45, 7) is 0.314. The molecule has 0 radical (unpaired) electrons. The van der Waals surface area contributed by atoms with E-state index < -0.39 is 68.8 Å². The van der Waals surface area contributed by atoms with Crippen LogP contribution in [0.5, 0.6) is 0 Å². The van der Waals surface area contributed by atoms with Crippen molar-refractivity contribution in [3.8, 4) is 0 Å². The van der Waals surface area contributed by atoms with E-state index in [4.69, 9.17) is 23.2 Å². The molecule has 4 fully saturated rings. The highest BCUT2D eigenvalue weighted by molar-refractivity contribution is 7.81. The lowest BCUT2D eigenvalue weighted by Gasteiger charge is -2.28. The number of piperidine rings is 2. The molecule has 4 bridgehead atoms. The number of rotatable bonds is 12. The van der Waals surface area contributed by atoms with Gasteiger partial charge in [-0.25, -0.2) is 30.5 Å². The molecule has 4 saturated heterocycles. The number of aromatic nitrogens is 2. The van der Waals surface area contributed by atoms with E-state index >= 15 is 0 Å². The monoisotopic (exact) mass is 740 g/mol. The minimum absolute atomic E-state index is 0.0104. The third kappa shape index (κ3) is 8.71. The molecule has 0 spiro atoms. The van der Waals surface area contributed by atoms with Crippen LogP contribution in [0.4, 0.5) is 9.59 Å². The Morgan fingerprint density at radius 1 is 0.833 bits per heavy atom. The maximum Gasteiger partial charge on any atom is 0.418 e. The van der Waals surface area contributed by atoms with Crippen molar-refractivity contribution in [2.75, 3.05) is 13.1 Å². The summed E-state index contributed by atoms with van der Waals surface area (Å²) in [5.41, 5.74) is 7.25. The molecule has 264 valence electrons. The molecule has 26 heteroatoms. The van der Waals surface area contributed by atoms with Crippen LogP contribution in [0.2, 0.25) is 0 Å². The van der Waals surface area contributed by atoms with Gasteiger partial charge in [0.05, 0.1) is 23.3 Å². The Morgan fingerprint density at radius 3 is 1.75 bits per heavy atom. The van der Waals surface area contributed by atoms with Crippen LogP contribution in [0.25, 0.3) is 0 Å². The van der Waals surface area contributed by atoms with Gasteiger partial charge in [0.2, 0.25) is 0 Å². The van der Waals surface area contributed by atoms with Crippen LogP contribution in [0.15, 0.2) is 28.0 Å². The van der Waals surface area contributed by atoms with Crippen LogP contribution in [-0.2, 0) is 61.8 Å². The smallest absolute Gasteiger partial charge is 0.418 e. The highest BCUT2D eigenvalue weighted by atomic mass is 32.3. The summed E-state index contributed by atoms with van der Waals surface area (Å²) in [6.07, 6.45) is 3.86. The van der Waals surface area contributed by atoms with Gasteiger partial charge < -0.3 is 14.2 Å². The predicted molar refractivity (Wildman–Crippen MR) is 151 cm³/mol. The Morgan fingerprint density at radius 2 is 1.33 bits per heavy atom. The van der Waals surface area contributed by atoms with E-state index in [1.807, 2.05) is 0 Å². The van der Waals surface area contributed by atoms with Gasteiger partial charge in [-0.2, -0.15) is 27.0 Å². The number of thiazole rings is 1. The van der Waals surface area contributed by atoms with Crippen molar-refractivity contribution in [1.29, 1.82) is 0 Å². The van der Waals surface area contributed by atoms with Crippen LogP contribution in [0.3, 0.4) is 0 Å². The van der Waals surface area contributed by atoms with Crippen molar-refractivity contribution in [3.05, 3.63) is 34.9 Å². The molecule has 0 aliphatic carbocycles. The molecule has 4 aliphatic heterocycles. The third-order valence-corrected chi connectivity index (χ3v) is 8.69. The number of nitrogens with one attached hydrogen (secondary N) is 2. The van der Waals surface area contributed by atoms with E-state index in [1.165, 1.54) is 28.9 Å². The largest absolute Gasteiger partial charge is 0.451 e. The van der Waals surface area contributed by atoms with Crippen LogP contribution in [0, 0.1) is 0 Å². The molecule has 6 rings (SSSR count). The van der Waals surface area contributed by atoms with E-state index in [9.17, 15) is 36.0 Å². The Hall–Kier alpha value is -4.02. The lowest BCUT2D eigenvalue weighted by Crippen LogP contribution is -2.49. The fraction of sp³-hybridized carbons (Fsp3) is 0.545. The highest BCUT2D eigenvalue weighted by Gasteiger charge is 2.50. The maximum absolute atomic E-state index is 12.2. The predicted octanol–water partition coefficient (Wildman–Crippen LogP) is -1.08. The first kappa shape index (κ1) is 35.3. The van der Waals surface area contributed by atoms with Gasteiger partial charge in [0, 0.05) is 18.5 Å². The SMILES string of the molecule is O=C(NOCc1cocn1)[C@@H]1CC[C@@H]2CN1C(=O)N2OS(=O)(=O)O.O=C(NOCc1cscn1)[C@@H]1CC[C@@H]2CN1C(=O)N2OS(=O)(=O)O. The summed E-state index contributed by atoms with van der Waals surface area (Å²) >= 11 is 1.40. The number of hydrogen-bond acceptors (Lipinski definition) is 16. The quantitative estimate of drug-likeness (QED) is 0.149. The first-order valence-corrected chi connectivity index (χ1v) is 17.5. The van der Waals surface area contributed by atoms with Crippen molar-refractivity contribution in [2.24, 2.45) is 0 Å². The van der Waals surface area contributed by atoms with Crippen molar-refractivity contribution in [1.82, 2.24) is 40.9 Å². The molecule has 4 N–H and O–H groups in total. The number of fused-ring (bicyclic) bond motifs is 4. The lowest BCUT2D eigenvalue weighted by molar-refractivity contribution is -0.140. The van der Waals surface area contributed by atoms with Crippen molar-refractivity contribution in [3.63, 3.8) is 0 Å². The summed E-state index contributed by atoms with van der Waals surface area (Å²) in [5, 5.41) is 2.92. The summed E-state index contributed by atoms with van der Waals surface area (Å²) in [5.74, 6) is -1.08. The fourth-order valence-corrected chi connectivity index (χ4v) is 6.64. The number of urea groups is 2. The zero-order valence-corrected chi connectivity index (χ0v) is 26.8. The van der Waals surface area contributed by atoms with E-state index in [-0.39, 0.29) is 26.3 Å². The first-order valence-electron chi connectivity index (χ1n) is 13.8. The Balaban J connectivity index is 0.000000188. The highest BCUT2D eigenvalue weighted by Crippen LogP contribution is 2.32. The van der Waals surface area contributed by atoms with Gasteiger partial charge in [-0.05, 0) is 25.7 Å². The van der Waals surface area contributed by atoms with Gasteiger partial charge in [0.25, 0.3) is 11.8 Å². The maximum atomic E-state index is 12.2. The number of hydrogen-bond donors (Lipinski definition) is 4. The average Bonchev–Trinajstić information content (AvgIpc) is 3.82. The van der Waals surface area contributed by atoms with E-state index in [0.717, 1.165) is 4.90 Å². The molecule has 23 nitrogen and oxygen atoms in total. The van der Waals surface area contributed by atoms with Crippen molar-refractivity contribution in [2.45, 2.75) is 63.1 Å². The molecule has 2 aromatic rings. The Kier molecular flexibility index (Phi) is 10.7. The van der Waals surface area contributed by atoms with Gasteiger partial charge in [-0.3, -0.25) is 28.4 Å². The molecule has 6 amide bonds. The van der Waals surface area contributed by atoms with Gasteiger partial charge in [-0.1, -0.05) is 0 Å². The Bertz CT molecular complexity index is 1570. The normalized spacial score (nSPS) is 23.6. The van der Waals surface area contributed by atoms with Gasteiger partial charge >= 0.3 is 32.9 Å². The molecule has 0 unspecified atom stereocenters. The summed E-state index contributed by atoms with van der Waals surface area (Å²) in [4.78, 5) is 68.9. The topological polar surface area (TPSA) is 290 Å². The van der Waals surface area contributed by atoms with Gasteiger partial charge in [0.15, 0.2) is 6.39 Å². The van der Waals surface area contributed by atoms with Crippen LogP contribution in [-0.4, -0.2) is 117 Å². The molecule has 4 atom stereocenters. The number of nitrogens with zero attached hydrogens (tertiary/aromatic N) is 6. The minimum Gasteiger partial charge on any atom is -0.451 e. The van der Waals surface area contributed by atoms with E-state index in [1.54, 1.807) is 10.9 Å². The third-order valence-electron chi connectivity index (χ3n) is 7.35. The van der Waals surface area contributed by atoms with Crippen molar-refractivity contribution >= 4 is 56.0 Å². The molecule has 48 heavy (non-hydrogen) atoms. The molecule has 0 saturated carbocycles. The average molecular weight is 741 g/mol. The second-order valence-corrected chi connectivity index (χ2v) is 13.2. The molecular formula is C22H28N8O15S3. The summed E-state index contributed by atoms with van der Waals surface area (Å²) in [7, 11) is -9.63. The zero-order valence-electron chi connectivity index (χ0n) is 24.4. The fourth-order valence-electron chi connectivity index (χ4n) is 5.32. The van der Waals surface area contributed by atoms with E-state index in [2.05, 4.69) is 29.5 Å². The number of carbonyl (C=O) groups excluding carboxylic acids is 4. The van der Waals surface area contributed by atoms with Gasteiger partial charge in [-0.15, -0.1) is 19.9 Å². The Labute approximate surface area is 275 Å². The molecule has 0 aromatic carbocycles. The van der Waals surface area contributed by atoms with Gasteiger partial charge in [0.1, 0.15) is 37.3 Å². The molecule has 6 heterocycles. The first-order chi connectivity index (χ1) is 22.7. The summed E-state index contributed by atoms with van der Waals surface area (Å²) < 4.78 is 74.0. The zero-order chi connectivity index (χ0) is 34.6. The summed E-state index contributed by atoms with van der Waals surface area (Å²) in [6, 6.07) is -4.35. The number of oxazole rings is 1. The molecule has 4 aliphatic rings. The van der Waals surface area contributed by atoms with Crippen molar-refractivity contribution < 1.29 is 67.8 Å². The van der Waals surface area contributed by atoms with E-state index in [0.29, 0.717) is 47.2 Å². The number of hydroxylamine groups is 6. The van der Waals surface area contributed by atoms with Crippen LogP contribution >= 0.6 is 11.3 Å². The second-order valence-electron chi connectivity index (χ2n) is 10.5. The number of amides is 6.